The maximum atomic E-state index is 12.2. The number of hydrogen-bond donors (Lipinski definition) is 2. The summed E-state index contributed by atoms with van der Waals surface area (Å²) < 4.78 is 0. The van der Waals surface area contributed by atoms with Crippen LogP contribution in [0.3, 0.4) is 0 Å². The number of nitrogens with two attached hydrogens (primary N) is 1. The molecule has 1 saturated heterocycles. The van der Waals surface area contributed by atoms with Crippen molar-refractivity contribution in [2.75, 3.05) is 26.2 Å². The molecule has 1 atom stereocenters. The summed E-state index contributed by atoms with van der Waals surface area (Å²) in [4.78, 5) is 27.1. The van der Waals surface area contributed by atoms with Crippen molar-refractivity contribution >= 4 is 35.6 Å². The second-order valence-electron chi connectivity index (χ2n) is 5.01. The van der Waals surface area contributed by atoms with Crippen molar-refractivity contribution in [2.45, 2.75) is 19.3 Å². The zero-order valence-corrected chi connectivity index (χ0v) is 13.5. The van der Waals surface area contributed by atoms with E-state index in [0.29, 0.717) is 26.1 Å². The Morgan fingerprint density at radius 2 is 2.29 bits per heavy atom. The first kappa shape index (κ1) is 17.9. The lowest BCUT2D eigenvalue weighted by Crippen LogP contribution is -2.46. The van der Waals surface area contributed by atoms with Gasteiger partial charge in [-0.1, -0.05) is 6.07 Å². The Hall–Kier alpha value is -1.11. The monoisotopic (exact) mass is 331 g/mol. The highest BCUT2D eigenvalue weighted by Crippen LogP contribution is 2.18. The zero-order valence-electron chi connectivity index (χ0n) is 11.9. The van der Waals surface area contributed by atoms with Gasteiger partial charge in [-0.3, -0.25) is 9.59 Å². The Morgan fingerprint density at radius 3 is 2.95 bits per heavy atom. The minimum absolute atomic E-state index is 0. The van der Waals surface area contributed by atoms with Crippen LogP contribution in [0.15, 0.2) is 17.5 Å². The first-order valence-corrected chi connectivity index (χ1v) is 7.86. The van der Waals surface area contributed by atoms with Crippen molar-refractivity contribution in [3.05, 3.63) is 22.4 Å². The summed E-state index contributed by atoms with van der Waals surface area (Å²) in [6, 6.07) is 3.92. The Kier molecular flexibility index (Phi) is 7.71. The SMILES string of the molecule is Cl.NCCNC(=O)C1CCCN(C(=O)Cc2cccs2)C1. The minimum atomic E-state index is -0.0948. The molecule has 1 fully saturated rings. The van der Waals surface area contributed by atoms with Crippen LogP contribution in [0.4, 0.5) is 0 Å². The van der Waals surface area contributed by atoms with E-state index in [9.17, 15) is 9.59 Å². The highest BCUT2D eigenvalue weighted by molar-refractivity contribution is 7.10. The lowest BCUT2D eigenvalue weighted by Gasteiger charge is -2.32. The molecular formula is C14H22ClN3O2S. The van der Waals surface area contributed by atoms with E-state index in [1.807, 2.05) is 22.4 Å². The topological polar surface area (TPSA) is 75.4 Å². The van der Waals surface area contributed by atoms with E-state index in [-0.39, 0.29) is 30.1 Å². The van der Waals surface area contributed by atoms with Crippen LogP contribution >= 0.6 is 23.7 Å². The minimum Gasteiger partial charge on any atom is -0.355 e. The molecule has 7 heteroatoms. The molecular weight excluding hydrogens is 310 g/mol. The lowest BCUT2D eigenvalue weighted by atomic mass is 9.97. The summed E-state index contributed by atoms with van der Waals surface area (Å²) in [6.45, 7) is 2.23. The highest BCUT2D eigenvalue weighted by Gasteiger charge is 2.28. The molecule has 2 heterocycles. The number of amides is 2. The van der Waals surface area contributed by atoms with Crippen LogP contribution in [0, 0.1) is 5.92 Å². The second kappa shape index (κ2) is 9.02. The van der Waals surface area contributed by atoms with Crippen molar-refractivity contribution in [1.29, 1.82) is 0 Å². The maximum absolute atomic E-state index is 12.2. The van der Waals surface area contributed by atoms with Gasteiger partial charge in [0.1, 0.15) is 0 Å². The van der Waals surface area contributed by atoms with E-state index < -0.39 is 0 Å². The van der Waals surface area contributed by atoms with Crippen molar-refractivity contribution < 1.29 is 9.59 Å². The number of hydrogen-bond acceptors (Lipinski definition) is 4. The molecule has 0 spiro atoms. The summed E-state index contributed by atoms with van der Waals surface area (Å²) >= 11 is 1.59. The number of nitrogens with one attached hydrogen (secondary N) is 1. The molecule has 2 rings (SSSR count). The van der Waals surface area contributed by atoms with Crippen LogP contribution in [0.2, 0.25) is 0 Å². The standard InChI is InChI=1S/C14H21N3O2S.ClH/c15-5-6-16-14(19)11-3-1-7-17(10-11)13(18)9-12-4-2-8-20-12;/h2,4,8,11H,1,3,5-7,9-10,15H2,(H,16,19);1H. The smallest absolute Gasteiger partial charge is 0.227 e. The maximum Gasteiger partial charge on any atom is 0.227 e. The van der Waals surface area contributed by atoms with Gasteiger partial charge < -0.3 is 16.0 Å². The summed E-state index contributed by atoms with van der Waals surface area (Å²) in [5, 5.41) is 4.78. The number of rotatable bonds is 5. The molecule has 3 N–H and O–H groups in total. The van der Waals surface area contributed by atoms with Gasteiger partial charge in [0.15, 0.2) is 0 Å². The molecule has 5 nitrogen and oxygen atoms in total. The van der Waals surface area contributed by atoms with Gasteiger partial charge in [-0.2, -0.15) is 0 Å². The van der Waals surface area contributed by atoms with Crippen LogP contribution in [0.5, 0.6) is 0 Å². The number of carbonyl (C=O) groups excluding carboxylic acids is 2. The molecule has 1 aromatic heterocycles. The number of nitrogens with zero attached hydrogens (tertiary/aromatic N) is 1. The molecule has 0 radical (unpaired) electrons. The molecule has 1 unspecified atom stereocenters. The first-order valence-electron chi connectivity index (χ1n) is 6.98. The average Bonchev–Trinajstić information content (AvgIpc) is 2.97. The lowest BCUT2D eigenvalue weighted by molar-refractivity contribution is -0.135. The predicted octanol–water partition coefficient (Wildman–Crippen LogP) is 1.03. The Bertz CT molecular complexity index is 453. The molecule has 2 amide bonds. The van der Waals surface area contributed by atoms with E-state index in [2.05, 4.69) is 5.32 Å². The number of halogens is 1. The third-order valence-corrected chi connectivity index (χ3v) is 4.37. The Labute approximate surface area is 135 Å². The van der Waals surface area contributed by atoms with Crippen LogP contribution in [-0.2, 0) is 16.0 Å². The van der Waals surface area contributed by atoms with Gasteiger partial charge in [-0.25, -0.2) is 0 Å². The van der Waals surface area contributed by atoms with Gasteiger partial charge in [-0.15, -0.1) is 23.7 Å². The quantitative estimate of drug-likeness (QED) is 0.846. The molecule has 1 aliphatic rings. The third-order valence-electron chi connectivity index (χ3n) is 3.49. The van der Waals surface area contributed by atoms with E-state index in [4.69, 9.17) is 5.73 Å². The van der Waals surface area contributed by atoms with Gasteiger partial charge in [0.25, 0.3) is 0 Å². The van der Waals surface area contributed by atoms with E-state index >= 15 is 0 Å². The predicted molar refractivity (Wildman–Crippen MR) is 86.6 cm³/mol. The molecule has 118 valence electrons. The summed E-state index contributed by atoms with van der Waals surface area (Å²) in [6.07, 6.45) is 2.17. The fraction of sp³-hybridized carbons (Fsp3) is 0.571. The van der Waals surface area contributed by atoms with Gasteiger partial charge in [0.2, 0.25) is 11.8 Å². The molecule has 21 heavy (non-hydrogen) atoms. The van der Waals surface area contributed by atoms with Crippen LogP contribution in [0.25, 0.3) is 0 Å². The number of thiophene rings is 1. The van der Waals surface area contributed by atoms with Crippen LogP contribution < -0.4 is 11.1 Å². The number of carbonyl (C=O) groups is 2. The van der Waals surface area contributed by atoms with Gasteiger partial charge in [0, 0.05) is 31.1 Å². The van der Waals surface area contributed by atoms with Crippen molar-refractivity contribution in [2.24, 2.45) is 11.7 Å². The highest BCUT2D eigenvalue weighted by atomic mass is 35.5. The average molecular weight is 332 g/mol. The third kappa shape index (κ3) is 5.30. The molecule has 0 bridgehead atoms. The van der Waals surface area contributed by atoms with Gasteiger partial charge in [-0.05, 0) is 24.3 Å². The molecule has 1 aliphatic heterocycles. The van der Waals surface area contributed by atoms with Crippen molar-refractivity contribution in [3.8, 4) is 0 Å². The van der Waals surface area contributed by atoms with E-state index in [1.54, 1.807) is 11.3 Å². The van der Waals surface area contributed by atoms with Crippen molar-refractivity contribution in [3.63, 3.8) is 0 Å². The van der Waals surface area contributed by atoms with E-state index in [1.165, 1.54) is 0 Å². The van der Waals surface area contributed by atoms with Crippen LogP contribution in [-0.4, -0.2) is 42.9 Å². The summed E-state index contributed by atoms with van der Waals surface area (Å²) in [5.74, 6) is 0.0374. The fourth-order valence-electron chi connectivity index (χ4n) is 2.43. The summed E-state index contributed by atoms with van der Waals surface area (Å²) in [5.41, 5.74) is 5.38. The van der Waals surface area contributed by atoms with Crippen molar-refractivity contribution in [1.82, 2.24) is 10.2 Å². The Morgan fingerprint density at radius 1 is 1.48 bits per heavy atom. The number of likely N-dealkylation sites (tertiary alicyclic amines) is 1. The van der Waals surface area contributed by atoms with Gasteiger partial charge in [0.05, 0.1) is 12.3 Å². The number of piperidine rings is 1. The first-order chi connectivity index (χ1) is 9.70. The second-order valence-corrected chi connectivity index (χ2v) is 6.05. The van der Waals surface area contributed by atoms with E-state index in [0.717, 1.165) is 24.3 Å². The Balaban J connectivity index is 0.00000220. The summed E-state index contributed by atoms with van der Waals surface area (Å²) in [7, 11) is 0. The molecule has 0 aliphatic carbocycles. The fourth-order valence-corrected chi connectivity index (χ4v) is 3.13. The zero-order chi connectivity index (χ0) is 14.4. The molecule has 1 aromatic rings. The molecule has 0 aromatic carbocycles. The van der Waals surface area contributed by atoms with Gasteiger partial charge >= 0.3 is 0 Å². The molecule has 0 saturated carbocycles. The normalized spacial score (nSPS) is 18.0. The van der Waals surface area contributed by atoms with Crippen LogP contribution in [0.1, 0.15) is 17.7 Å². The largest absolute Gasteiger partial charge is 0.355 e.